The van der Waals surface area contributed by atoms with Gasteiger partial charge in [0.2, 0.25) is 0 Å². The van der Waals surface area contributed by atoms with Gasteiger partial charge in [-0.2, -0.15) is 0 Å². The van der Waals surface area contributed by atoms with Crippen molar-refractivity contribution in [3.05, 3.63) is 70.0 Å². The number of Topliss-reactive ketones (excluding diaryl/α,β-unsaturated/α-hetero) is 1. The lowest BCUT2D eigenvalue weighted by Crippen LogP contribution is -2.38. The van der Waals surface area contributed by atoms with Gasteiger partial charge in [-0.15, -0.1) is 0 Å². The number of aromatic nitrogens is 1. The maximum atomic E-state index is 13.2. The number of piperidine rings is 1. The average molecular weight is 510 g/mol. The van der Waals surface area contributed by atoms with Crippen molar-refractivity contribution in [2.75, 3.05) is 52.5 Å². The Morgan fingerprint density at radius 2 is 1.62 bits per heavy atom. The van der Waals surface area contributed by atoms with E-state index in [1.54, 1.807) is 16.7 Å². The molecule has 198 valence electrons. The van der Waals surface area contributed by atoms with E-state index < -0.39 is 0 Å². The van der Waals surface area contributed by atoms with Crippen LogP contribution in [0.25, 0.3) is 11.1 Å². The first-order chi connectivity index (χ1) is 18.1. The van der Waals surface area contributed by atoms with Gasteiger partial charge in [-0.3, -0.25) is 14.3 Å². The maximum absolute atomic E-state index is 13.2. The van der Waals surface area contributed by atoms with Gasteiger partial charge in [-0.25, -0.2) is 9.18 Å². The molecule has 3 heterocycles. The van der Waals surface area contributed by atoms with Crippen LogP contribution < -0.4 is 5.76 Å². The van der Waals surface area contributed by atoms with E-state index >= 15 is 0 Å². The second-order valence-electron chi connectivity index (χ2n) is 10.2. The van der Waals surface area contributed by atoms with Gasteiger partial charge in [-0.05, 0) is 93.7 Å². The molecule has 0 spiro atoms. The van der Waals surface area contributed by atoms with Gasteiger partial charge in [0.25, 0.3) is 0 Å². The zero-order chi connectivity index (χ0) is 25.6. The number of oxazole rings is 1. The highest BCUT2D eigenvalue weighted by atomic mass is 19.1. The quantitative estimate of drug-likeness (QED) is 0.304. The minimum absolute atomic E-state index is 0.0357. The Hall–Kier alpha value is -2.81. The van der Waals surface area contributed by atoms with Gasteiger partial charge in [-0.1, -0.05) is 6.07 Å². The molecule has 7 nitrogen and oxygen atoms in total. The number of rotatable bonds is 10. The number of unbranched alkanes of at least 4 members (excludes halogenated alkanes) is 1. The summed E-state index contributed by atoms with van der Waals surface area (Å²) in [7, 11) is 0. The van der Waals surface area contributed by atoms with Crippen molar-refractivity contribution in [3.8, 4) is 0 Å². The number of nitrogens with zero attached hydrogens (tertiary/aromatic N) is 3. The van der Waals surface area contributed by atoms with Crippen LogP contribution in [0.3, 0.4) is 0 Å². The molecule has 0 saturated carbocycles. The first-order valence-electron chi connectivity index (χ1n) is 13.5. The summed E-state index contributed by atoms with van der Waals surface area (Å²) >= 11 is 0. The van der Waals surface area contributed by atoms with E-state index in [9.17, 15) is 14.0 Å². The van der Waals surface area contributed by atoms with Crippen molar-refractivity contribution in [2.24, 2.45) is 5.92 Å². The van der Waals surface area contributed by atoms with E-state index in [0.29, 0.717) is 17.7 Å². The Morgan fingerprint density at radius 3 is 2.38 bits per heavy atom. The Kier molecular flexibility index (Phi) is 8.48. The molecule has 5 rings (SSSR count). The number of halogens is 1. The molecule has 0 radical (unpaired) electrons. The average Bonchev–Trinajstić information content (AvgIpc) is 3.24. The molecule has 2 aliphatic heterocycles. The third-order valence-corrected chi connectivity index (χ3v) is 7.75. The standard InChI is InChI=1S/C29H36FN3O4/c30-25-7-5-23(6-8-25)28(34)24-10-13-32(14-11-24)15-16-33-26-9-4-22(21-27(26)37-29(33)35)3-1-2-12-31-17-19-36-20-18-31/h4-9,21,24H,1-3,10-20H2. The molecule has 2 aromatic carbocycles. The number of hydrogen-bond donors (Lipinski definition) is 0. The molecular weight excluding hydrogens is 473 g/mol. The second kappa shape index (κ2) is 12.2. The van der Waals surface area contributed by atoms with Gasteiger partial charge in [0.05, 0.1) is 18.7 Å². The highest BCUT2D eigenvalue weighted by Crippen LogP contribution is 2.23. The zero-order valence-electron chi connectivity index (χ0n) is 21.4. The molecular formula is C29H36FN3O4. The van der Waals surface area contributed by atoms with Crippen molar-refractivity contribution in [1.82, 2.24) is 14.4 Å². The van der Waals surface area contributed by atoms with Crippen molar-refractivity contribution in [1.29, 1.82) is 0 Å². The van der Waals surface area contributed by atoms with Gasteiger partial charge < -0.3 is 14.1 Å². The van der Waals surface area contributed by atoms with Crippen LogP contribution in [-0.2, 0) is 17.7 Å². The number of likely N-dealkylation sites (tertiary alicyclic amines) is 1. The van der Waals surface area contributed by atoms with Crippen molar-refractivity contribution in [2.45, 2.75) is 38.6 Å². The van der Waals surface area contributed by atoms with E-state index in [2.05, 4.69) is 15.9 Å². The van der Waals surface area contributed by atoms with Crippen LogP contribution in [-0.4, -0.2) is 72.6 Å². The van der Waals surface area contributed by atoms with Crippen LogP contribution in [0.1, 0.15) is 41.6 Å². The number of benzene rings is 2. The summed E-state index contributed by atoms with van der Waals surface area (Å²) in [6, 6.07) is 11.9. The Balaban J connectivity index is 1.10. The van der Waals surface area contributed by atoms with E-state index in [4.69, 9.17) is 9.15 Å². The molecule has 3 aromatic rings. The zero-order valence-corrected chi connectivity index (χ0v) is 21.4. The second-order valence-corrected chi connectivity index (χ2v) is 10.2. The lowest BCUT2D eigenvalue weighted by atomic mass is 9.89. The van der Waals surface area contributed by atoms with Gasteiger partial charge >= 0.3 is 5.76 Å². The van der Waals surface area contributed by atoms with Crippen LogP contribution in [0.15, 0.2) is 51.7 Å². The third-order valence-electron chi connectivity index (χ3n) is 7.75. The predicted molar refractivity (Wildman–Crippen MR) is 141 cm³/mol. The topological polar surface area (TPSA) is 67.9 Å². The largest absolute Gasteiger partial charge is 0.419 e. The minimum Gasteiger partial charge on any atom is -0.408 e. The third kappa shape index (κ3) is 6.55. The van der Waals surface area contributed by atoms with Crippen molar-refractivity contribution >= 4 is 16.9 Å². The summed E-state index contributed by atoms with van der Waals surface area (Å²) in [6.45, 7) is 7.72. The molecule has 1 aromatic heterocycles. The fourth-order valence-corrected chi connectivity index (χ4v) is 5.48. The van der Waals surface area contributed by atoms with Gasteiger partial charge in [0.15, 0.2) is 11.4 Å². The molecule has 0 amide bonds. The number of ether oxygens (including phenoxy) is 1. The Morgan fingerprint density at radius 1 is 0.892 bits per heavy atom. The molecule has 37 heavy (non-hydrogen) atoms. The van der Waals surface area contributed by atoms with E-state index in [-0.39, 0.29) is 23.3 Å². The summed E-state index contributed by atoms with van der Waals surface area (Å²) in [6.07, 6.45) is 4.77. The summed E-state index contributed by atoms with van der Waals surface area (Å²) in [5.41, 5.74) is 3.26. The highest BCUT2D eigenvalue weighted by Gasteiger charge is 2.26. The summed E-state index contributed by atoms with van der Waals surface area (Å²) in [4.78, 5) is 30.1. The molecule has 0 unspecified atom stereocenters. The Labute approximate surface area is 216 Å². The number of aryl methyl sites for hydroxylation is 1. The SMILES string of the molecule is O=C(c1ccc(F)cc1)C1CCN(CCn2c(=O)oc3cc(CCCCN4CCOCC4)ccc32)CC1. The molecule has 0 aliphatic carbocycles. The summed E-state index contributed by atoms with van der Waals surface area (Å²) in [5.74, 6) is -0.593. The molecule has 8 heteroatoms. The summed E-state index contributed by atoms with van der Waals surface area (Å²) < 4.78 is 25.9. The first kappa shape index (κ1) is 25.8. The van der Waals surface area contributed by atoms with E-state index in [0.717, 1.165) is 90.1 Å². The fraction of sp³-hybridized carbons (Fsp3) is 0.517. The number of hydrogen-bond acceptors (Lipinski definition) is 6. The smallest absolute Gasteiger partial charge is 0.408 e. The highest BCUT2D eigenvalue weighted by molar-refractivity contribution is 5.97. The summed E-state index contributed by atoms with van der Waals surface area (Å²) in [5, 5.41) is 0. The number of fused-ring (bicyclic) bond motifs is 1. The number of carbonyl (C=O) groups is 1. The van der Waals surface area contributed by atoms with E-state index in [1.807, 2.05) is 12.1 Å². The van der Waals surface area contributed by atoms with Crippen LogP contribution in [0.5, 0.6) is 0 Å². The van der Waals surface area contributed by atoms with Crippen LogP contribution in [0, 0.1) is 11.7 Å². The minimum atomic E-state index is -0.330. The van der Waals surface area contributed by atoms with Crippen molar-refractivity contribution < 1.29 is 18.3 Å². The lowest BCUT2D eigenvalue weighted by Gasteiger charge is -2.31. The maximum Gasteiger partial charge on any atom is 0.419 e. The monoisotopic (exact) mass is 509 g/mol. The van der Waals surface area contributed by atoms with E-state index in [1.165, 1.54) is 17.7 Å². The number of morpholine rings is 1. The molecule has 2 saturated heterocycles. The normalized spacial score (nSPS) is 18.0. The molecule has 2 aliphatic rings. The van der Waals surface area contributed by atoms with Crippen molar-refractivity contribution in [3.63, 3.8) is 0 Å². The Bertz CT molecular complexity index is 1240. The number of ketones is 1. The van der Waals surface area contributed by atoms with Crippen LogP contribution in [0.2, 0.25) is 0 Å². The molecule has 0 N–H and O–H groups in total. The first-order valence-corrected chi connectivity index (χ1v) is 13.5. The van der Waals surface area contributed by atoms with Crippen LogP contribution >= 0.6 is 0 Å². The molecule has 2 fully saturated rings. The number of carbonyl (C=O) groups excluding carboxylic acids is 1. The fourth-order valence-electron chi connectivity index (χ4n) is 5.48. The van der Waals surface area contributed by atoms with Gasteiger partial charge in [0, 0.05) is 37.7 Å². The van der Waals surface area contributed by atoms with Crippen LogP contribution in [0.4, 0.5) is 4.39 Å². The molecule has 0 bridgehead atoms. The molecule has 0 atom stereocenters. The van der Waals surface area contributed by atoms with Gasteiger partial charge in [0.1, 0.15) is 5.82 Å². The predicted octanol–water partition coefficient (Wildman–Crippen LogP) is 3.98. The lowest BCUT2D eigenvalue weighted by molar-refractivity contribution is 0.0372.